The minimum Gasteiger partial charge on any atom is -0.492 e. The van der Waals surface area contributed by atoms with E-state index in [9.17, 15) is 9.59 Å². The standard InChI is InChI=1S/C18H28N2O5/c1-18(2,3)25-17(23)20-9-5-8-19-10-11-24-15-7-4-6-14(12-15)13-16(21)22/h4,6-7,12,19H,5,8-11,13H2,1-3H3,(H,20,23)(H,21,22). The van der Waals surface area contributed by atoms with Crippen molar-refractivity contribution in [1.82, 2.24) is 10.6 Å². The third-order valence-corrected chi connectivity index (χ3v) is 3.00. The first-order valence-corrected chi connectivity index (χ1v) is 8.37. The number of hydrogen-bond donors (Lipinski definition) is 3. The molecule has 7 heteroatoms. The number of carboxylic acid groups (broad SMARTS) is 1. The fourth-order valence-electron chi connectivity index (χ4n) is 2.00. The number of carboxylic acids is 1. The zero-order valence-corrected chi connectivity index (χ0v) is 15.1. The van der Waals surface area contributed by atoms with Gasteiger partial charge in [-0.25, -0.2) is 4.79 Å². The van der Waals surface area contributed by atoms with Crippen molar-refractivity contribution in [2.75, 3.05) is 26.2 Å². The van der Waals surface area contributed by atoms with E-state index in [0.29, 0.717) is 31.0 Å². The topological polar surface area (TPSA) is 96.9 Å². The zero-order chi connectivity index (χ0) is 18.7. The molecule has 0 aromatic heterocycles. The van der Waals surface area contributed by atoms with Crippen molar-refractivity contribution in [2.24, 2.45) is 0 Å². The van der Waals surface area contributed by atoms with Gasteiger partial charge in [-0.05, 0) is 51.4 Å². The minimum atomic E-state index is -0.862. The lowest BCUT2D eigenvalue weighted by Crippen LogP contribution is -2.34. The van der Waals surface area contributed by atoms with Crippen LogP contribution < -0.4 is 15.4 Å². The molecule has 1 rings (SSSR count). The summed E-state index contributed by atoms with van der Waals surface area (Å²) in [5, 5.41) is 14.7. The summed E-state index contributed by atoms with van der Waals surface area (Å²) in [5.74, 6) is -0.203. The van der Waals surface area contributed by atoms with Gasteiger partial charge in [0.05, 0.1) is 6.42 Å². The van der Waals surface area contributed by atoms with E-state index in [1.54, 1.807) is 24.3 Å². The zero-order valence-electron chi connectivity index (χ0n) is 15.1. The van der Waals surface area contributed by atoms with Crippen molar-refractivity contribution in [3.05, 3.63) is 29.8 Å². The Morgan fingerprint density at radius 2 is 1.92 bits per heavy atom. The molecular formula is C18H28N2O5. The Hall–Kier alpha value is -2.28. The number of ether oxygens (including phenoxy) is 2. The average molecular weight is 352 g/mol. The molecule has 0 aliphatic heterocycles. The van der Waals surface area contributed by atoms with Crippen molar-refractivity contribution in [1.29, 1.82) is 0 Å². The molecule has 0 radical (unpaired) electrons. The van der Waals surface area contributed by atoms with E-state index in [1.807, 2.05) is 20.8 Å². The van der Waals surface area contributed by atoms with Gasteiger partial charge in [-0.2, -0.15) is 0 Å². The Kier molecular flexibility index (Phi) is 8.77. The van der Waals surface area contributed by atoms with Gasteiger partial charge in [0.2, 0.25) is 0 Å². The second kappa shape index (κ2) is 10.6. The van der Waals surface area contributed by atoms with Crippen LogP contribution >= 0.6 is 0 Å². The van der Waals surface area contributed by atoms with Crippen LogP contribution in [0.3, 0.4) is 0 Å². The van der Waals surface area contributed by atoms with Gasteiger partial charge in [0, 0.05) is 13.1 Å². The van der Waals surface area contributed by atoms with Gasteiger partial charge in [0.15, 0.2) is 0 Å². The molecule has 140 valence electrons. The fraction of sp³-hybridized carbons (Fsp3) is 0.556. The van der Waals surface area contributed by atoms with Crippen LogP contribution in [0.4, 0.5) is 4.79 Å². The molecule has 3 N–H and O–H groups in total. The van der Waals surface area contributed by atoms with E-state index >= 15 is 0 Å². The Balaban J connectivity index is 2.07. The van der Waals surface area contributed by atoms with Gasteiger partial charge < -0.3 is 25.2 Å². The summed E-state index contributed by atoms with van der Waals surface area (Å²) >= 11 is 0. The van der Waals surface area contributed by atoms with Gasteiger partial charge in [-0.15, -0.1) is 0 Å². The molecule has 0 bridgehead atoms. The normalized spacial score (nSPS) is 11.0. The van der Waals surface area contributed by atoms with Crippen molar-refractivity contribution < 1.29 is 24.2 Å². The molecule has 0 saturated heterocycles. The van der Waals surface area contributed by atoms with E-state index in [4.69, 9.17) is 14.6 Å². The summed E-state index contributed by atoms with van der Waals surface area (Å²) in [6.45, 7) is 7.91. The average Bonchev–Trinajstić information content (AvgIpc) is 2.48. The Morgan fingerprint density at radius 3 is 2.60 bits per heavy atom. The number of alkyl carbamates (subject to hydrolysis) is 1. The predicted octanol–water partition coefficient (Wildman–Crippen LogP) is 2.20. The number of carbonyl (C=O) groups is 2. The van der Waals surface area contributed by atoms with Crippen LogP contribution in [0.15, 0.2) is 24.3 Å². The summed E-state index contributed by atoms with van der Waals surface area (Å²) in [5.41, 5.74) is 0.229. The van der Waals surface area contributed by atoms with Gasteiger partial charge >= 0.3 is 12.1 Å². The molecule has 0 aliphatic carbocycles. The quantitative estimate of drug-likeness (QED) is 0.559. The third kappa shape index (κ3) is 11.0. The summed E-state index contributed by atoms with van der Waals surface area (Å²) in [6.07, 6.45) is 0.366. The molecule has 25 heavy (non-hydrogen) atoms. The highest BCUT2D eigenvalue weighted by Gasteiger charge is 2.15. The summed E-state index contributed by atoms with van der Waals surface area (Å²) in [7, 11) is 0. The lowest BCUT2D eigenvalue weighted by atomic mass is 10.1. The van der Waals surface area contributed by atoms with Crippen molar-refractivity contribution in [3.8, 4) is 5.75 Å². The monoisotopic (exact) mass is 352 g/mol. The van der Waals surface area contributed by atoms with E-state index < -0.39 is 17.7 Å². The minimum absolute atomic E-state index is 0.0138. The Labute approximate surface area is 148 Å². The molecule has 1 amide bonds. The largest absolute Gasteiger partial charge is 0.492 e. The maximum absolute atomic E-state index is 11.4. The fourth-order valence-corrected chi connectivity index (χ4v) is 2.00. The lowest BCUT2D eigenvalue weighted by Gasteiger charge is -2.19. The number of benzene rings is 1. The van der Waals surface area contributed by atoms with Gasteiger partial charge in [0.25, 0.3) is 0 Å². The molecule has 0 aliphatic rings. The second-order valence-electron chi connectivity index (χ2n) is 6.60. The summed E-state index contributed by atoms with van der Waals surface area (Å²) in [4.78, 5) is 22.1. The van der Waals surface area contributed by atoms with Gasteiger partial charge in [-0.1, -0.05) is 12.1 Å². The molecular weight excluding hydrogens is 324 g/mol. The number of carbonyl (C=O) groups excluding carboxylic acids is 1. The highest BCUT2D eigenvalue weighted by molar-refractivity contribution is 5.70. The van der Waals surface area contributed by atoms with Crippen molar-refractivity contribution in [3.63, 3.8) is 0 Å². The van der Waals surface area contributed by atoms with E-state index in [2.05, 4.69) is 10.6 Å². The first-order valence-electron chi connectivity index (χ1n) is 8.37. The molecule has 0 unspecified atom stereocenters. The Bertz CT molecular complexity index is 555. The number of aliphatic carboxylic acids is 1. The summed E-state index contributed by atoms with van der Waals surface area (Å²) in [6, 6.07) is 7.08. The molecule has 1 aromatic rings. The number of amides is 1. The predicted molar refractivity (Wildman–Crippen MR) is 95.0 cm³/mol. The molecule has 0 spiro atoms. The molecule has 0 atom stereocenters. The SMILES string of the molecule is CC(C)(C)OC(=O)NCCCNCCOc1cccc(CC(=O)O)c1. The van der Waals surface area contributed by atoms with Crippen molar-refractivity contribution >= 4 is 12.1 Å². The second-order valence-corrected chi connectivity index (χ2v) is 6.60. The van der Waals surface area contributed by atoms with Crippen LogP contribution in [0.2, 0.25) is 0 Å². The van der Waals surface area contributed by atoms with Crippen LogP contribution in [0.1, 0.15) is 32.8 Å². The third-order valence-electron chi connectivity index (χ3n) is 3.00. The maximum Gasteiger partial charge on any atom is 0.407 e. The summed E-state index contributed by atoms with van der Waals surface area (Å²) < 4.78 is 10.7. The van der Waals surface area contributed by atoms with E-state index in [-0.39, 0.29) is 6.42 Å². The Morgan fingerprint density at radius 1 is 1.16 bits per heavy atom. The van der Waals surface area contributed by atoms with Crippen LogP contribution in [0, 0.1) is 0 Å². The van der Waals surface area contributed by atoms with Gasteiger partial charge in [0.1, 0.15) is 18.0 Å². The van der Waals surface area contributed by atoms with Crippen LogP contribution in [0.5, 0.6) is 5.75 Å². The molecule has 1 aromatic carbocycles. The van der Waals surface area contributed by atoms with E-state index in [0.717, 1.165) is 13.0 Å². The molecule has 0 heterocycles. The highest BCUT2D eigenvalue weighted by Crippen LogP contribution is 2.13. The number of hydrogen-bond acceptors (Lipinski definition) is 5. The molecule has 7 nitrogen and oxygen atoms in total. The lowest BCUT2D eigenvalue weighted by molar-refractivity contribution is -0.136. The molecule has 0 fully saturated rings. The van der Waals surface area contributed by atoms with E-state index in [1.165, 1.54) is 0 Å². The van der Waals surface area contributed by atoms with Crippen molar-refractivity contribution in [2.45, 2.75) is 39.2 Å². The van der Waals surface area contributed by atoms with Crippen LogP contribution in [0.25, 0.3) is 0 Å². The van der Waals surface area contributed by atoms with Gasteiger partial charge in [-0.3, -0.25) is 4.79 Å². The first-order chi connectivity index (χ1) is 11.8. The van der Waals surface area contributed by atoms with Crippen LogP contribution in [-0.4, -0.2) is 49.0 Å². The first kappa shape index (κ1) is 20.8. The number of rotatable bonds is 10. The van der Waals surface area contributed by atoms with Crippen LogP contribution in [-0.2, 0) is 16.0 Å². The maximum atomic E-state index is 11.4. The highest BCUT2D eigenvalue weighted by atomic mass is 16.6. The number of nitrogens with one attached hydrogen (secondary N) is 2. The smallest absolute Gasteiger partial charge is 0.407 e. The molecule has 0 saturated carbocycles.